The molecule has 1 heterocycles. The van der Waals surface area contributed by atoms with Gasteiger partial charge in [-0.1, -0.05) is 12.1 Å². The van der Waals surface area contributed by atoms with Crippen LogP contribution in [0.15, 0.2) is 23.1 Å². The first-order valence-corrected chi connectivity index (χ1v) is 10.4. The average Bonchev–Trinajstić information content (AvgIpc) is 2.63. The molecule has 1 saturated heterocycles. The van der Waals surface area contributed by atoms with E-state index in [9.17, 15) is 13.2 Å². The molecule has 1 aliphatic rings. The molecular weight excluding hydrogens is 354 g/mol. The lowest BCUT2D eigenvalue weighted by molar-refractivity contribution is -0.917. The van der Waals surface area contributed by atoms with Crippen molar-refractivity contribution in [3.05, 3.63) is 29.3 Å². The van der Waals surface area contributed by atoms with Gasteiger partial charge in [0.25, 0.3) is 5.91 Å². The Morgan fingerprint density at radius 2 is 1.96 bits per heavy atom. The Balaban J connectivity index is 1.99. The molecule has 7 nitrogen and oxygen atoms in total. The van der Waals surface area contributed by atoms with Gasteiger partial charge in [-0.2, -0.15) is 4.31 Å². The molecule has 0 bridgehead atoms. The summed E-state index contributed by atoms with van der Waals surface area (Å²) in [7, 11) is -1.91. The number of nitrogens with zero attached hydrogens (tertiary/aromatic N) is 1. The first kappa shape index (κ1) is 20.8. The molecule has 0 radical (unpaired) electrons. The van der Waals surface area contributed by atoms with Gasteiger partial charge in [-0.05, 0) is 38.0 Å². The molecule has 26 heavy (non-hydrogen) atoms. The monoisotopic (exact) mass is 384 g/mol. The first-order chi connectivity index (χ1) is 12.3. The summed E-state index contributed by atoms with van der Waals surface area (Å²) in [5, 5.41) is 2.85. The van der Waals surface area contributed by atoms with Crippen molar-refractivity contribution >= 4 is 15.9 Å². The van der Waals surface area contributed by atoms with Crippen LogP contribution >= 0.6 is 0 Å². The zero-order valence-electron chi connectivity index (χ0n) is 16.0. The van der Waals surface area contributed by atoms with Crippen molar-refractivity contribution in [3.63, 3.8) is 0 Å². The smallest absolute Gasteiger partial charge is 0.278 e. The predicted molar refractivity (Wildman–Crippen MR) is 99.7 cm³/mol. The quantitative estimate of drug-likeness (QED) is 0.612. The molecular formula is C18H30N3O4S+. The summed E-state index contributed by atoms with van der Waals surface area (Å²) in [5.41, 5.74) is 1.69. The Morgan fingerprint density at radius 3 is 2.58 bits per heavy atom. The van der Waals surface area contributed by atoms with Crippen molar-refractivity contribution in [2.75, 3.05) is 46.4 Å². The van der Waals surface area contributed by atoms with Gasteiger partial charge in [-0.15, -0.1) is 0 Å². The highest BCUT2D eigenvalue weighted by Gasteiger charge is 2.34. The summed E-state index contributed by atoms with van der Waals surface area (Å²) < 4.78 is 32.4. The molecule has 1 amide bonds. The second-order valence-corrected chi connectivity index (χ2v) is 8.74. The Bertz CT molecular complexity index is 728. The minimum atomic E-state index is -3.50. The Hall–Kier alpha value is -1.48. The van der Waals surface area contributed by atoms with Gasteiger partial charge in [-0.25, -0.2) is 8.42 Å². The summed E-state index contributed by atoms with van der Waals surface area (Å²) in [5.74, 6) is -0.0251. The molecule has 0 unspecified atom stereocenters. The fourth-order valence-electron chi connectivity index (χ4n) is 3.19. The molecule has 0 aliphatic carbocycles. The minimum Gasteiger partial charge on any atom is -0.383 e. The molecule has 1 fully saturated rings. The molecule has 146 valence electrons. The van der Waals surface area contributed by atoms with Gasteiger partial charge in [0, 0.05) is 13.7 Å². The maximum Gasteiger partial charge on any atom is 0.278 e. The van der Waals surface area contributed by atoms with E-state index in [0.29, 0.717) is 44.2 Å². The fourth-order valence-corrected chi connectivity index (χ4v) is 4.94. The van der Waals surface area contributed by atoms with Gasteiger partial charge in [0.05, 0.1) is 37.7 Å². The van der Waals surface area contributed by atoms with Crippen LogP contribution in [-0.4, -0.2) is 71.1 Å². The molecule has 8 heteroatoms. The van der Waals surface area contributed by atoms with Crippen molar-refractivity contribution in [2.45, 2.75) is 31.7 Å². The predicted octanol–water partition coefficient (Wildman–Crippen LogP) is -0.656. The van der Waals surface area contributed by atoms with Crippen molar-refractivity contribution < 1.29 is 22.8 Å². The molecule has 1 atom stereocenters. The van der Waals surface area contributed by atoms with E-state index in [1.165, 1.54) is 4.31 Å². The lowest BCUT2D eigenvalue weighted by Gasteiger charge is -2.34. The number of carbonyl (C=O) groups excluding carboxylic acids is 1. The van der Waals surface area contributed by atoms with Gasteiger partial charge >= 0.3 is 0 Å². The lowest BCUT2D eigenvalue weighted by atomic mass is 10.2. The minimum absolute atomic E-state index is 0.0251. The fraction of sp³-hybridized carbons (Fsp3) is 0.611. The number of methoxy groups -OCH3 is 1. The van der Waals surface area contributed by atoms with E-state index in [4.69, 9.17) is 4.74 Å². The third-order valence-corrected chi connectivity index (χ3v) is 6.98. The van der Waals surface area contributed by atoms with E-state index in [0.717, 1.165) is 16.0 Å². The SMILES string of the molecule is COCCNC(=O)[C@@H](C)[NH+]1CCN(S(=O)(=O)c2cc(C)ccc2C)CC1. The van der Waals surface area contributed by atoms with Crippen LogP contribution in [0.4, 0.5) is 0 Å². The number of hydrogen-bond acceptors (Lipinski definition) is 4. The Morgan fingerprint density at radius 1 is 1.31 bits per heavy atom. The number of rotatable bonds is 7. The lowest BCUT2D eigenvalue weighted by Crippen LogP contribution is -3.19. The third-order valence-electron chi connectivity index (χ3n) is 4.94. The summed E-state index contributed by atoms with van der Waals surface area (Å²) in [6, 6.07) is 5.28. The zero-order chi connectivity index (χ0) is 19.3. The second-order valence-electron chi connectivity index (χ2n) is 6.84. The molecule has 0 aromatic heterocycles. The number of quaternary nitrogens is 1. The molecule has 0 saturated carbocycles. The summed E-state index contributed by atoms with van der Waals surface area (Å²) in [6.07, 6.45) is 0. The van der Waals surface area contributed by atoms with E-state index in [1.807, 2.05) is 32.9 Å². The topological polar surface area (TPSA) is 80.2 Å². The summed E-state index contributed by atoms with van der Waals surface area (Å²) in [4.78, 5) is 13.7. The van der Waals surface area contributed by atoms with E-state index in [1.54, 1.807) is 13.2 Å². The molecule has 2 rings (SSSR count). The number of sulfonamides is 1. The van der Waals surface area contributed by atoms with Crippen LogP contribution in [-0.2, 0) is 19.6 Å². The van der Waals surface area contributed by atoms with Gasteiger partial charge in [0.15, 0.2) is 6.04 Å². The van der Waals surface area contributed by atoms with Crippen LogP contribution in [0.25, 0.3) is 0 Å². The van der Waals surface area contributed by atoms with Crippen LogP contribution in [0, 0.1) is 13.8 Å². The molecule has 1 aliphatic heterocycles. The van der Waals surface area contributed by atoms with Crippen LogP contribution in [0.2, 0.25) is 0 Å². The molecule has 2 N–H and O–H groups in total. The van der Waals surface area contributed by atoms with E-state index in [2.05, 4.69) is 5.32 Å². The van der Waals surface area contributed by atoms with Crippen LogP contribution in [0.1, 0.15) is 18.1 Å². The number of hydrogen-bond donors (Lipinski definition) is 2. The number of carbonyl (C=O) groups is 1. The maximum absolute atomic E-state index is 13.0. The number of amides is 1. The number of ether oxygens (including phenoxy) is 1. The first-order valence-electron chi connectivity index (χ1n) is 8.96. The normalized spacial score (nSPS) is 17.8. The van der Waals surface area contributed by atoms with Gasteiger partial charge in [-0.3, -0.25) is 4.79 Å². The number of benzene rings is 1. The Kier molecular flexibility index (Phi) is 7.16. The van der Waals surface area contributed by atoms with Crippen LogP contribution in [0.5, 0.6) is 0 Å². The van der Waals surface area contributed by atoms with Gasteiger partial charge in [0.2, 0.25) is 10.0 Å². The van der Waals surface area contributed by atoms with E-state index < -0.39 is 10.0 Å². The van der Waals surface area contributed by atoms with Crippen molar-refractivity contribution in [2.24, 2.45) is 0 Å². The summed E-state index contributed by atoms with van der Waals surface area (Å²) >= 11 is 0. The molecule has 1 aromatic carbocycles. The summed E-state index contributed by atoms with van der Waals surface area (Å²) in [6.45, 7) is 8.63. The van der Waals surface area contributed by atoms with E-state index >= 15 is 0 Å². The largest absolute Gasteiger partial charge is 0.383 e. The van der Waals surface area contributed by atoms with Gasteiger partial charge in [0.1, 0.15) is 0 Å². The second kappa shape index (κ2) is 8.94. The standard InChI is InChI=1S/C18H29N3O4S/c1-14-5-6-15(2)17(13-14)26(23,24)21-10-8-20(9-11-21)16(3)18(22)19-7-12-25-4/h5-6,13,16H,7-12H2,1-4H3,(H,19,22)/p+1/t16-/m1/s1. The molecule has 0 spiro atoms. The number of nitrogens with one attached hydrogen (secondary N) is 2. The number of piperazine rings is 1. The van der Waals surface area contributed by atoms with E-state index in [-0.39, 0.29) is 11.9 Å². The molecule has 1 aromatic rings. The van der Waals surface area contributed by atoms with Crippen LogP contribution in [0.3, 0.4) is 0 Å². The van der Waals surface area contributed by atoms with Crippen molar-refractivity contribution in [1.82, 2.24) is 9.62 Å². The number of aryl methyl sites for hydroxylation is 2. The van der Waals surface area contributed by atoms with Crippen molar-refractivity contribution in [1.29, 1.82) is 0 Å². The highest BCUT2D eigenvalue weighted by atomic mass is 32.2. The zero-order valence-corrected chi connectivity index (χ0v) is 16.9. The van der Waals surface area contributed by atoms with Gasteiger partial charge < -0.3 is 15.0 Å². The highest BCUT2D eigenvalue weighted by Crippen LogP contribution is 2.21. The highest BCUT2D eigenvalue weighted by molar-refractivity contribution is 7.89. The third kappa shape index (κ3) is 4.82. The van der Waals surface area contributed by atoms with Crippen molar-refractivity contribution in [3.8, 4) is 0 Å². The average molecular weight is 385 g/mol. The Labute approximate surface area is 156 Å². The maximum atomic E-state index is 13.0. The van der Waals surface area contributed by atoms with Crippen LogP contribution < -0.4 is 10.2 Å².